The zero-order valence-corrected chi connectivity index (χ0v) is 21.4. The van der Waals surface area contributed by atoms with Crippen LogP contribution in [0.5, 0.6) is 0 Å². The highest BCUT2D eigenvalue weighted by molar-refractivity contribution is 6.32. The van der Waals surface area contributed by atoms with Crippen molar-refractivity contribution < 1.29 is 19.0 Å². The monoisotopic (exact) mass is 515 g/mol. The van der Waals surface area contributed by atoms with Crippen LogP contribution in [0.1, 0.15) is 41.7 Å². The SMILES string of the molecule is COCCCCCCO.Cc1nn(C)cc1-c1c(F)cccc1-c1nc2cc(C(N)=O)ccn2c1Cl. The van der Waals surface area contributed by atoms with E-state index in [-0.39, 0.29) is 0 Å². The molecule has 8 nitrogen and oxygen atoms in total. The van der Waals surface area contributed by atoms with Crippen molar-refractivity contribution in [3.05, 3.63) is 65.0 Å². The molecule has 3 heterocycles. The Balaban J connectivity index is 0.000000345. The Labute approximate surface area is 214 Å². The number of primary amides is 1. The molecule has 1 amide bonds. The number of imidazole rings is 1. The highest BCUT2D eigenvalue weighted by Gasteiger charge is 2.21. The van der Waals surface area contributed by atoms with Crippen LogP contribution in [-0.2, 0) is 11.8 Å². The lowest BCUT2D eigenvalue weighted by Gasteiger charge is -2.08. The van der Waals surface area contributed by atoms with Gasteiger partial charge < -0.3 is 15.6 Å². The number of benzene rings is 1. The van der Waals surface area contributed by atoms with Crippen molar-refractivity contribution in [1.29, 1.82) is 0 Å². The van der Waals surface area contributed by atoms with Crippen LogP contribution in [0.25, 0.3) is 28.0 Å². The summed E-state index contributed by atoms with van der Waals surface area (Å²) in [5.41, 5.74) is 8.79. The molecule has 0 unspecified atom stereocenters. The third-order valence-corrected chi connectivity index (χ3v) is 6.02. The zero-order chi connectivity index (χ0) is 26.2. The molecule has 0 aliphatic heterocycles. The molecule has 0 saturated carbocycles. The van der Waals surface area contributed by atoms with Crippen LogP contribution in [0.4, 0.5) is 4.39 Å². The van der Waals surface area contributed by atoms with Crippen LogP contribution < -0.4 is 5.73 Å². The molecule has 3 aromatic heterocycles. The summed E-state index contributed by atoms with van der Waals surface area (Å²) < 4.78 is 22.9. The number of methoxy groups -OCH3 is 1. The predicted octanol–water partition coefficient (Wildman–Crippen LogP) is 4.79. The molecule has 0 spiro atoms. The van der Waals surface area contributed by atoms with Crippen LogP contribution in [0, 0.1) is 12.7 Å². The van der Waals surface area contributed by atoms with Crippen molar-refractivity contribution in [2.45, 2.75) is 32.6 Å². The summed E-state index contributed by atoms with van der Waals surface area (Å²) >= 11 is 6.52. The van der Waals surface area contributed by atoms with E-state index in [1.165, 1.54) is 12.5 Å². The summed E-state index contributed by atoms with van der Waals surface area (Å²) in [6.07, 6.45) is 7.73. The molecule has 1 aromatic carbocycles. The van der Waals surface area contributed by atoms with Gasteiger partial charge in [0, 0.05) is 62.0 Å². The van der Waals surface area contributed by atoms with Gasteiger partial charge in [-0.05, 0) is 38.0 Å². The van der Waals surface area contributed by atoms with Gasteiger partial charge in [0.15, 0.2) is 0 Å². The van der Waals surface area contributed by atoms with Crippen LogP contribution in [-0.4, -0.2) is 50.5 Å². The van der Waals surface area contributed by atoms with Gasteiger partial charge >= 0.3 is 0 Å². The second-order valence-corrected chi connectivity index (χ2v) is 8.71. The number of ether oxygens (including phenoxy) is 1. The number of fused-ring (bicyclic) bond motifs is 1. The molecular weight excluding hydrogens is 485 g/mol. The minimum atomic E-state index is -0.560. The number of pyridine rings is 1. The van der Waals surface area contributed by atoms with Crippen LogP contribution >= 0.6 is 11.6 Å². The highest BCUT2D eigenvalue weighted by Crippen LogP contribution is 2.38. The van der Waals surface area contributed by atoms with E-state index in [2.05, 4.69) is 10.1 Å². The van der Waals surface area contributed by atoms with E-state index in [1.807, 2.05) is 6.92 Å². The average molecular weight is 516 g/mol. The molecule has 3 N–H and O–H groups in total. The number of unbranched alkanes of at least 4 members (excludes halogenated alkanes) is 3. The summed E-state index contributed by atoms with van der Waals surface area (Å²) in [7, 11) is 3.49. The van der Waals surface area contributed by atoms with E-state index in [9.17, 15) is 9.18 Å². The number of aromatic nitrogens is 4. The van der Waals surface area contributed by atoms with Crippen molar-refractivity contribution in [2.75, 3.05) is 20.3 Å². The largest absolute Gasteiger partial charge is 0.396 e. The van der Waals surface area contributed by atoms with E-state index in [0.717, 1.165) is 25.9 Å². The van der Waals surface area contributed by atoms with Crippen molar-refractivity contribution in [1.82, 2.24) is 19.2 Å². The van der Waals surface area contributed by atoms with Gasteiger partial charge in [-0.15, -0.1) is 0 Å². The Morgan fingerprint density at radius 3 is 2.58 bits per heavy atom. The number of hydrogen-bond donors (Lipinski definition) is 2. The fraction of sp³-hybridized carbons (Fsp3) is 0.346. The van der Waals surface area contributed by atoms with Gasteiger partial charge in [-0.1, -0.05) is 36.6 Å². The maximum absolute atomic E-state index is 14.8. The molecule has 192 valence electrons. The minimum absolute atomic E-state index is 0.314. The number of aryl methyl sites for hydroxylation is 2. The normalized spacial score (nSPS) is 10.9. The smallest absolute Gasteiger partial charge is 0.248 e. The lowest BCUT2D eigenvalue weighted by Crippen LogP contribution is -2.11. The first kappa shape index (κ1) is 27.3. The first-order chi connectivity index (χ1) is 17.3. The van der Waals surface area contributed by atoms with E-state index in [1.54, 1.807) is 59.9 Å². The zero-order valence-electron chi connectivity index (χ0n) is 20.7. The van der Waals surface area contributed by atoms with E-state index in [4.69, 9.17) is 27.2 Å². The maximum atomic E-state index is 14.8. The van der Waals surface area contributed by atoms with Crippen LogP contribution in [0.3, 0.4) is 0 Å². The third kappa shape index (κ3) is 6.29. The Bertz CT molecular complexity index is 1330. The van der Waals surface area contributed by atoms with Gasteiger partial charge in [0.2, 0.25) is 5.91 Å². The Kier molecular flexibility index (Phi) is 9.58. The number of hydrogen-bond acceptors (Lipinski definition) is 5. The maximum Gasteiger partial charge on any atom is 0.248 e. The van der Waals surface area contributed by atoms with Gasteiger partial charge in [0.25, 0.3) is 0 Å². The quantitative estimate of drug-likeness (QED) is 0.312. The lowest BCUT2D eigenvalue weighted by molar-refractivity contribution is 0.1000. The van der Waals surface area contributed by atoms with Crippen LogP contribution in [0.15, 0.2) is 42.7 Å². The standard InChI is InChI=1S/C19H15ClFN5O.C7H16O2/c1-10-13(9-25(2)24-10)16-12(4-3-5-14(16)21)17-18(20)26-7-6-11(19(22)27)8-15(26)23-17;1-9-7-5-3-2-4-6-8/h3-9H,1-2H3,(H2,22,27);8H,2-7H2,1H3. The fourth-order valence-corrected chi connectivity index (χ4v) is 4.18. The van der Waals surface area contributed by atoms with Gasteiger partial charge in [0.05, 0.1) is 5.69 Å². The number of nitrogens with two attached hydrogens (primary N) is 1. The second kappa shape index (κ2) is 12.6. The Morgan fingerprint density at radius 2 is 1.94 bits per heavy atom. The number of carbonyl (C=O) groups is 1. The predicted molar refractivity (Wildman–Crippen MR) is 138 cm³/mol. The number of halogens is 2. The van der Waals surface area contributed by atoms with Gasteiger partial charge in [-0.25, -0.2) is 9.37 Å². The molecule has 36 heavy (non-hydrogen) atoms. The Morgan fingerprint density at radius 1 is 1.19 bits per heavy atom. The summed E-state index contributed by atoms with van der Waals surface area (Å²) in [6.45, 7) is 2.99. The number of amides is 1. The van der Waals surface area contributed by atoms with Gasteiger partial charge in [-0.3, -0.25) is 13.9 Å². The Hall–Kier alpha value is -3.27. The summed E-state index contributed by atoms with van der Waals surface area (Å²) in [4.78, 5) is 15.9. The molecule has 4 aromatic rings. The molecule has 4 rings (SSSR count). The number of carbonyl (C=O) groups excluding carboxylic acids is 1. The molecule has 0 bridgehead atoms. The van der Waals surface area contributed by atoms with Crippen molar-refractivity contribution in [2.24, 2.45) is 12.8 Å². The second-order valence-electron chi connectivity index (χ2n) is 8.35. The molecule has 0 aliphatic carbocycles. The number of nitrogens with zero attached hydrogens (tertiary/aromatic N) is 4. The van der Waals surface area contributed by atoms with E-state index < -0.39 is 11.7 Å². The molecule has 0 saturated heterocycles. The topological polar surface area (TPSA) is 108 Å². The summed E-state index contributed by atoms with van der Waals surface area (Å²) in [6, 6.07) is 7.86. The van der Waals surface area contributed by atoms with Crippen molar-refractivity contribution in [3.63, 3.8) is 0 Å². The minimum Gasteiger partial charge on any atom is -0.396 e. The third-order valence-electron chi connectivity index (χ3n) is 5.66. The van der Waals surface area contributed by atoms with Crippen LogP contribution in [0.2, 0.25) is 5.15 Å². The first-order valence-corrected chi connectivity index (χ1v) is 12.0. The molecular formula is C26H31ClFN5O3. The molecule has 0 aliphatic rings. The molecule has 0 fully saturated rings. The highest BCUT2D eigenvalue weighted by atomic mass is 35.5. The fourth-order valence-electron chi connectivity index (χ4n) is 3.89. The van der Waals surface area contributed by atoms with Crippen molar-refractivity contribution >= 4 is 23.2 Å². The van der Waals surface area contributed by atoms with E-state index in [0.29, 0.717) is 51.0 Å². The van der Waals surface area contributed by atoms with Gasteiger partial charge in [-0.2, -0.15) is 5.10 Å². The van der Waals surface area contributed by atoms with Crippen molar-refractivity contribution in [3.8, 4) is 22.4 Å². The number of aliphatic hydroxyl groups excluding tert-OH is 1. The van der Waals surface area contributed by atoms with E-state index >= 15 is 0 Å². The molecule has 0 atom stereocenters. The lowest BCUT2D eigenvalue weighted by atomic mass is 9.98. The molecule has 0 radical (unpaired) electrons. The molecule has 10 heteroatoms. The summed E-state index contributed by atoms with van der Waals surface area (Å²) in [5, 5.41) is 13.0. The van der Waals surface area contributed by atoms with Gasteiger partial charge in [0.1, 0.15) is 22.3 Å². The first-order valence-electron chi connectivity index (χ1n) is 11.6. The number of aliphatic hydroxyl groups is 1. The summed E-state index contributed by atoms with van der Waals surface area (Å²) in [5.74, 6) is -0.954. The average Bonchev–Trinajstić information content (AvgIpc) is 3.36. The number of rotatable bonds is 9.